The third kappa shape index (κ3) is 2.42. The van der Waals surface area contributed by atoms with Gasteiger partial charge in [0.05, 0.1) is 12.8 Å². The van der Waals surface area contributed by atoms with E-state index >= 15 is 0 Å². The maximum Gasteiger partial charge on any atom is 0.174 e. The normalized spacial score (nSPS) is 10.8. The fourth-order valence-corrected chi connectivity index (χ4v) is 1.94. The lowest BCUT2D eigenvalue weighted by atomic mass is 9.99. The molecule has 0 unspecified atom stereocenters. The van der Waals surface area contributed by atoms with E-state index < -0.39 is 0 Å². The van der Waals surface area contributed by atoms with E-state index in [1.54, 1.807) is 7.11 Å². The Hall–Kier alpha value is -1.55. The van der Waals surface area contributed by atoms with Crippen LogP contribution in [0.5, 0.6) is 5.75 Å². The zero-order valence-corrected chi connectivity index (χ0v) is 11.0. The molecule has 90 valence electrons. The number of methoxy groups -OCH3 is 1. The quantitative estimate of drug-likeness (QED) is 0.809. The van der Waals surface area contributed by atoms with Gasteiger partial charge in [-0.3, -0.25) is 0 Å². The number of hydrogen-bond donors (Lipinski definition) is 2. The Bertz CT molecular complexity index is 569. The molecule has 0 atom stereocenters. The van der Waals surface area contributed by atoms with Gasteiger partial charge in [0, 0.05) is 11.8 Å². The highest BCUT2D eigenvalue weighted by atomic mass is 32.1. The molecule has 1 aromatic carbocycles. The Labute approximate surface area is 106 Å². The van der Waals surface area contributed by atoms with E-state index in [2.05, 4.69) is 35.9 Å². The molecular weight excluding hydrogens is 232 g/mol. The van der Waals surface area contributed by atoms with E-state index in [0.29, 0.717) is 10.7 Å². The number of nitrogens with one attached hydrogen (secondary N) is 2. The van der Waals surface area contributed by atoms with Crippen LogP contribution >= 0.6 is 12.2 Å². The number of hydrogen-bond acceptors (Lipinski definition) is 2. The van der Waals surface area contributed by atoms with Crippen molar-refractivity contribution in [2.24, 2.45) is 0 Å². The second kappa shape index (κ2) is 4.75. The van der Waals surface area contributed by atoms with E-state index in [0.717, 1.165) is 17.0 Å². The summed E-state index contributed by atoms with van der Waals surface area (Å²) in [7, 11) is 1.68. The smallest absolute Gasteiger partial charge is 0.174 e. The van der Waals surface area contributed by atoms with Crippen molar-refractivity contribution in [3.05, 3.63) is 34.7 Å². The molecular formula is C13H16N2OS. The van der Waals surface area contributed by atoms with Gasteiger partial charge in [0.1, 0.15) is 5.75 Å². The lowest BCUT2D eigenvalue weighted by molar-refractivity contribution is 0.416. The number of rotatable bonds is 3. The highest BCUT2D eigenvalue weighted by Crippen LogP contribution is 2.31. The first-order valence-corrected chi connectivity index (χ1v) is 5.98. The van der Waals surface area contributed by atoms with E-state index in [9.17, 15) is 0 Å². The van der Waals surface area contributed by atoms with Crippen LogP contribution in [0.15, 0.2) is 24.4 Å². The SMILES string of the molecule is COc1ccc(C(C)C)cc1-c1c[nH]c(=S)[nH]1. The van der Waals surface area contributed by atoms with Crippen LogP contribution in [0.2, 0.25) is 0 Å². The van der Waals surface area contributed by atoms with Crippen molar-refractivity contribution in [3.63, 3.8) is 0 Å². The van der Waals surface area contributed by atoms with Gasteiger partial charge >= 0.3 is 0 Å². The molecule has 17 heavy (non-hydrogen) atoms. The second-order valence-electron chi connectivity index (χ2n) is 4.27. The molecule has 0 aliphatic heterocycles. The number of aromatic amines is 2. The molecule has 1 aromatic heterocycles. The molecule has 0 fully saturated rings. The van der Waals surface area contributed by atoms with Crippen LogP contribution in [0.4, 0.5) is 0 Å². The predicted octanol–water partition coefficient (Wildman–Crippen LogP) is 3.87. The summed E-state index contributed by atoms with van der Waals surface area (Å²) in [6.07, 6.45) is 1.87. The highest BCUT2D eigenvalue weighted by molar-refractivity contribution is 7.71. The fourth-order valence-electron chi connectivity index (χ4n) is 1.77. The number of ether oxygens (including phenoxy) is 1. The van der Waals surface area contributed by atoms with E-state index in [-0.39, 0.29) is 0 Å². The maximum atomic E-state index is 5.38. The summed E-state index contributed by atoms with van der Waals surface area (Å²) < 4.78 is 6.00. The summed E-state index contributed by atoms with van der Waals surface area (Å²) in [5.41, 5.74) is 3.27. The lowest BCUT2D eigenvalue weighted by Gasteiger charge is -2.11. The van der Waals surface area contributed by atoms with Crippen molar-refractivity contribution in [1.29, 1.82) is 0 Å². The van der Waals surface area contributed by atoms with Crippen molar-refractivity contribution >= 4 is 12.2 Å². The molecule has 1 heterocycles. The van der Waals surface area contributed by atoms with Crippen molar-refractivity contribution in [2.75, 3.05) is 7.11 Å². The predicted molar refractivity (Wildman–Crippen MR) is 72.1 cm³/mol. The Morgan fingerprint density at radius 1 is 1.29 bits per heavy atom. The summed E-state index contributed by atoms with van der Waals surface area (Å²) >= 11 is 5.04. The lowest BCUT2D eigenvalue weighted by Crippen LogP contribution is -1.92. The second-order valence-corrected chi connectivity index (χ2v) is 4.68. The minimum atomic E-state index is 0.488. The molecule has 0 aliphatic carbocycles. The Morgan fingerprint density at radius 3 is 2.59 bits per heavy atom. The summed E-state index contributed by atoms with van der Waals surface area (Å²) in [4.78, 5) is 6.08. The Morgan fingerprint density at radius 2 is 2.06 bits per heavy atom. The van der Waals surface area contributed by atoms with Gasteiger partial charge in [0.2, 0.25) is 0 Å². The maximum absolute atomic E-state index is 5.38. The third-order valence-corrected chi connectivity index (χ3v) is 3.00. The van der Waals surface area contributed by atoms with Gasteiger partial charge in [-0.1, -0.05) is 19.9 Å². The van der Waals surface area contributed by atoms with Crippen LogP contribution in [0.1, 0.15) is 25.3 Å². The molecule has 0 aliphatic rings. The minimum absolute atomic E-state index is 0.488. The van der Waals surface area contributed by atoms with Crippen molar-refractivity contribution in [2.45, 2.75) is 19.8 Å². The molecule has 2 rings (SSSR count). The summed E-state index contributed by atoms with van der Waals surface area (Å²) in [5, 5.41) is 0. The number of H-pyrrole nitrogens is 2. The number of aromatic nitrogens is 2. The fraction of sp³-hybridized carbons (Fsp3) is 0.308. The van der Waals surface area contributed by atoms with Crippen LogP contribution in [0, 0.1) is 4.77 Å². The average molecular weight is 248 g/mol. The first-order valence-electron chi connectivity index (χ1n) is 5.58. The zero-order chi connectivity index (χ0) is 12.4. The number of benzene rings is 1. The monoisotopic (exact) mass is 248 g/mol. The molecule has 0 saturated carbocycles. The van der Waals surface area contributed by atoms with Crippen molar-refractivity contribution < 1.29 is 4.74 Å². The summed E-state index contributed by atoms with van der Waals surface area (Å²) in [6, 6.07) is 6.22. The van der Waals surface area contributed by atoms with Gasteiger partial charge in [0.15, 0.2) is 4.77 Å². The standard InChI is InChI=1S/C13H16N2OS/c1-8(2)9-4-5-12(16-3)10(6-9)11-7-14-13(17)15-11/h4-8H,1-3H3,(H2,14,15,17). The van der Waals surface area contributed by atoms with Gasteiger partial charge in [-0.25, -0.2) is 0 Å². The summed E-state index contributed by atoms with van der Waals surface area (Å²) in [6.45, 7) is 4.34. The van der Waals surface area contributed by atoms with Gasteiger partial charge < -0.3 is 14.7 Å². The van der Waals surface area contributed by atoms with E-state index in [4.69, 9.17) is 17.0 Å². The largest absolute Gasteiger partial charge is 0.496 e. The zero-order valence-electron chi connectivity index (χ0n) is 10.2. The van der Waals surface area contributed by atoms with E-state index in [1.807, 2.05) is 12.3 Å². The van der Waals surface area contributed by atoms with Crippen LogP contribution in [0.25, 0.3) is 11.3 Å². The number of imidazole rings is 1. The minimum Gasteiger partial charge on any atom is -0.496 e. The molecule has 0 saturated heterocycles. The summed E-state index contributed by atoms with van der Waals surface area (Å²) in [5.74, 6) is 1.33. The molecule has 0 radical (unpaired) electrons. The van der Waals surface area contributed by atoms with Crippen LogP contribution in [0.3, 0.4) is 0 Å². The van der Waals surface area contributed by atoms with Crippen LogP contribution in [-0.4, -0.2) is 17.1 Å². The van der Waals surface area contributed by atoms with Crippen LogP contribution < -0.4 is 4.74 Å². The first-order chi connectivity index (χ1) is 8.11. The Kier molecular flexibility index (Phi) is 3.33. The third-order valence-electron chi connectivity index (χ3n) is 2.78. The van der Waals surface area contributed by atoms with E-state index in [1.165, 1.54) is 5.56 Å². The Balaban J connectivity index is 2.57. The molecule has 0 bridgehead atoms. The molecule has 0 spiro atoms. The van der Waals surface area contributed by atoms with Gasteiger partial charge in [-0.05, 0) is 35.8 Å². The van der Waals surface area contributed by atoms with Crippen molar-refractivity contribution in [1.82, 2.24) is 9.97 Å². The molecule has 3 nitrogen and oxygen atoms in total. The molecule has 2 aromatic rings. The average Bonchev–Trinajstić information content (AvgIpc) is 2.74. The van der Waals surface area contributed by atoms with Gasteiger partial charge in [-0.15, -0.1) is 0 Å². The molecule has 4 heteroatoms. The first kappa shape index (κ1) is 11.9. The topological polar surface area (TPSA) is 40.8 Å². The molecule has 2 N–H and O–H groups in total. The highest BCUT2D eigenvalue weighted by Gasteiger charge is 2.09. The van der Waals surface area contributed by atoms with Gasteiger partial charge in [-0.2, -0.15) is 0 Å². The molecule has 0 amide bonds. The van der Waals surface area contributed by atoms with Crippen LogP contribution in [-0.2, 0) is 0 Å². The van der Waals surface area contributed by atoms with Crippen molar-refractivity contribution in [3.8, 4) is 17.0 Å². The van der Waals surface area contributed by atoms with Gasteiger partial charge in [0.25, 0.3) is 0 Å².